The molecule has 8 heteroatoms. The summed E-state index contributed by atoms with van der Waals surface area (Å²) in [5, 5.41) is 30.1. The number of phenolic OH excluding ortho intramolecular Hbond substituents is 1. The molecule has 24 heavy (non-hydrogen) atoms. The fourth-order valence-electron chi connectivity index (χ4n) is 2.14. The second-order valence-electron chi connectivity index (χ2n) is 4.85. The SMILES string of the molecule is COc1ccc2c(O)c(N=Nc3ccc([N+](=O)[O-])cn3)ccc2c1. The summed E-state index contributed by atoms with van der Waals surface area (Å²) in [7, 11) is 1.57. The molecule has 0 spiro atoms. The molecule has 0 atom stereocenters. The number of ether oxygens (including phenoxy) is 1. The van der Waals surface area contributed by atoms with E-state index in [1.165, 1.54) is 12.1 Å². The lowest BCUT2D eigenvalue weighted by molar-refractivity contribution is -0.385. The minimum Gasteiger partial charge on any atom is -0.505 e. The quantitative estimate of drug-likeness (QED) is 0.437. The van der Waals surface area contributed by atoms with Crippen molar-refractivity contribution < 1.29 is 14.8 Å². The number of phenols is 1. The van der Waals surface area contributed by atoms with Crippen LogP contribution in [-0.2, 0) is 0 Å². The lowest BCUT2D eigenvalue weighted by Crippen LogP contribution is -1.87. The highest BCUT2D eigenvalue weighted by Gasteiger charge is 2.08. The number of fused-ring (bicyclic) bond motifs is 1. The first-order chi connectivity index (χ1) is 11.6. The molecular weight excluding hydrogens is 312 g/mol. The van der Waals surface area contributed by atoms with Crippen LogP contribution in [0.1, 0.15) is 0 Å². The molecule has 0 saturated carbocycles. The van der Waals surface area contributed by atoms with E-state index in [-0.39, 0.29) is 22.9 Å². The van der Waals surface area contributed by atoms with Crippen LogP contribution >= 0.6 is 0 Å². The van der Waals surface area contributed by atoms with Crippen molar-refractivity contribution in [3.63, 3.8) is 0 Å². The smallest absolute Gasteiger partial charge is 0.287 e. The zero-order valence-corrected chi connectivity index (χ0v) is 12.6. The van der Waals surface area contributed by atoms with Crippen LogP contribution in [0.25, 0.3) is 10.8 Å². The zero-order chi connectivity index (χ0) is 17.1. The van der Waals surface area contributed by atoms with Gasteiger partial charge in [-0.3, -0.25) is 10.1 Å². The first kappa shape index (κ1) is 15.3. The van der Waals surface area contributed by atoms with Gasteiger partial charge >= 0.3 is 0 Å². The summed E-state index contributed by atoms with van der Waals surface area (Å²) >= 11 is 0. The molecule has 3 rings (SSSR count). The summed E-state index contributed by atoms with van der Waals surface area (Å²) in [4.78, 5) is 13.9. The van der Waals surface area contributed by atoms with Gasteiger partial charge in [-0.05, 0) is 35.7 Å². The Morgan fingerprint density at radius 1 is 1.17 bits per heavy atom. The van der Waals surface area contributed by atoms with Gasteiger partial charge in [-0.25, -0.2) is 4.98 Å². The molecule has 1 aromatic heterocycles. The number of nitrogens with zero attached hydrogens (tertiary/aromatic N) is 4. The van der Waals surface area contributed by atoms with Crippen molar-refractivity contribution in [2.45, 2.75) is 0 Å². The first-order valence-electron chi connectivity index (χ1n) is 6.90. The Bertz CT molecular complexity index is 939. The minimum absolute atomic E-state index is 0.0131. The van der Waals surface area contributed by atoms with E-state index in [9.17, 15) is 15.2 Å². The fourth-order valence-corrected chi connectivity index (χ4v) is 2.14. The van der Waals surface area contributed by atoms with Crippen LogP contribution in [-0.4, -0.2) is 22.1 Å². The van der Waals surface area contributed by atoms with E-state index >= 15 is 0 Å². The Morgan fingerprint density at radius 3 is 2.67 bits per heavy atom. The topological polar surface area (TPSA) is 110 Å². The van der Waals surface area contributed by atoms with Gasteiger partial charge in [-0.2, -0.15) is 0 Å². The maximum atomic E-state index is 10.6. The molecule has 3 aromatic rings. The Hall–Kier alpha value is -3.55. The Morgan fingerprint density at radius 2 is 2.00 bits per heavy atom. The number of rotatable bonds is 4. The average molecular weight is 324 g/mol. The Balaban J connectivity index is 1.91. The van der Waals surface area contributed by atoms with Crippen LogP contribution < -0.4 is 4.74 Å². The number of aromatic nitrogens is 1. The van der Waals surface area contributed by atoms with Gasteiger partial charge < -0.3 is 9.84 Å². The molecule has 0 unspecified atom stereocenters. The molecule has 8 nitrogen and oxygen atoms in total. The standard InChI is InChI=1S/C16H12N4O4/c1-24-12-4-5-13-10(8-12)2-6-14(16(13)21)18-19-15-7-3-11(9-17-15)20(22)23/h2-9,21H,1H3. The van der Waals surface area contributed by atoms with Gasteiger partial charge in [-0.1, -0.05) is 6.07 Å². The van der Waals surface area contributed by atoms with E-state index in [1.807, 2.05) is 0 Å². The van der Waals surface area contributed by atoms with E-state index in [0.717, 1.165) is 11.6 Å². The summed E-state index contributed by atoms with van der Waals surface area (Å²) < 4.78 is 5.14. The monoisotopic (exact) mass is 324 g/mol. The molecule has 0 saturated heterocycles. The first-order valence-corrected chi connectivity index (χ1v) is 6.90. The van der Waals surface area contributed by atoms with E-state index in [1.54, 1.807) is 37.4 Å². The van der Waals surface area contributed by atoms with Gasteiger partial charge in [0.15, 0.2) is 11.6 Å². The van der Waals surface area contributed by atoms with Crippen LogP contribution in [0, 0.1) is 10.1 Å². The van der Waals surface area contributed by atoms with Crippen LogP contribution in [0.3, 0.4) is 0 Å². The minimum atomic E-state index is -0.544. The summed E-state index contributed by atoms with van der Waals surface area (Å²) in [5.41, 5.74) is 0.143. The number of hydrogen-bond donors (Lipinski definition) is 1. The molecule has 120 valence electrons. The highest BCUT2D eigenvalue weighted by atomic mass is 16.6. The second-order valence-corrected chi connectivity index (χ2v) is 4.85. The molecule has 0 amide bonds. The summed E-state index contributed by atoms with van der Waals surface area (Å²) in [6.45, 7) is 0. The number of methoxy groups -OCH3 is 1. The van der Waals surface area contributed by atoms with Crippen LogP contribution in [0.15, 0.2) is 58.9 Å². The van der Waals surface area contributed by atoms with Crippen molar-refractivity contribution in [2.24, 2.45) is 10.2 Å². The van der Waals surface area contributed by atoms with Crippen LogP contribution in [0.4, 0.5) is 17.2 Å². The third-order valence-corrected chi connectivity index (χ3v) is 3.38. The molecular formula is C16H12N4O4. The van der Waals surface area contributed by atoms with Crippen LogP contribution in [0.2, 0.25) is 0 Å². The van der Waals surface area contributed by atoms with Crippen molar-refractivity contribution in [1.29, 1.82) is 0 Å². The van der Waals surface area contributed by atoms with E-state index < -0.39 is 4.92 Å². The largest absolute Gasteiger partial charge is 0.505 e. The van der Waals surface area contributed by atoms with E-state index in [0.29, 0.717) is 11.1 Å². The number of aromatic hydroxyl groups is 1. The molecule has 0 radical (unpaired) electrons. The summed E-state index contributed by atoms with van der Waals surface area (Å²) in [6, 6.07) is 11.3. The lowest BCUT2D eigenvalue weighted by Gasteiger charge is -2.05. The van der Waals surface area contributed by atoms with Crippen molar-refractivity contribution in [1.82, 2.24) is 4.98 Å². The number of hydrogen-bond acceptors (Lipinski definition) is 7. The lowest BCUT2D eigenvalue weighted by atomic mass is 10.1. The van der Waals surface area contributed by atoms with E-state index in [2.05, 4.69) is 15.2 Å². The molecule has 1 N–H and O–H groups in total. The fraction of sp³-hybridized carbons (Fsp3) is 0.0625. The third kappa shape index (κ3) is 2.98. The molecule has 0 aliphatic rings. The number of benzene rings is 2. The van der Waals surface area contributed by atoms with Crippen molar-refractivity contribution in [3.8, 4) is 11.5 Å². The van der Waals surface area contributed by atoms with Gasteiger partial charge in [0.05, 0.1) is 12.0 Å². The third-order valence-electron chi connectivity index (χ3n) is 3.38. The Kier molecular flexibility index (Phi) is 4.02. The molecule has 2 aromatic carbocycles. The maximum absolute atomic E-state index is 10.6. The summed E-state index contributed by atoms with van der Waals surface area (Å²) in [5.74, 6) is 0.877. The molecule has 0 aliphatic carbocycles. The second kappa shape index (κ2) is 6.29. The van der Waals surface area contributed by atoms with Crippen molar-refractivity contribution >= 4 is 28.0 Å². The molecule has 1 heterocycles. The van der Waals surface area contributed by atoms with Crippen LogP contribution in [0.5, 0.6) is 11.5 Å². The van der Waals surface area contributed by atoms with Gasteiger partial charge in [0, 0.05) is 11.5 Å². The van der Waals surface area contributed by atoms with Gasteiger partial charge in [0.2, 0.25) is 0 Å². The van der Waals surface area contributed by atoms with Gasteiger partial charge in [-0.15, -0.1) is 10.2 Å². The zero-order valence-electron chi connectivity index (χ0n) is 12.6. The van der Waals surface area contributed by atoms with E-state index in [4.69, 9.17) is 4.74 Å². The van der Waals surface area contributed by atoms with Crippen molar-refractivity contribution in [2.75, 3.05) is 7.11 Å². The maximum Gasteiger partial charge on any atom is 0.287 e. The average Bonchev–Trinajstić information content (AvgIpc) is 2.61. The van der Waals surface area contributed by atoms with Crippen molar-refractivity contribution in [3.05, 3.63) is 58.8 Å². The highest BCUT2D eigenvalue weighted by molar-refractivity contribution is 5.93. The molecule has 0 bridgehead atoms. The highest BCUT2D eigenvalue weighted by Crippen LogP contribution is 2.36. The predicted molar refractivity (Wildman–Crippen MR) is 87.2 cm³/mol. The van der Waals surface area contributed by atoms with Gasteiger partial charge in [0.1, 0.15) is 17.6 Å². The predicted octanol–water partition coefficient (Wildman–Crippen LogP) is 4.27. The number of nitro groups is 1. The normalized spacial score (nSPS) is 11.0. The number of pyridine rings is 1. The Labute approximate surface area is 136 Å². The molecule has 0 aliphatic heterocycles. The summed E-state index contributed by atoms with van der Waals surface area (Å²) in [6.07, 6.45) is 1.10. The molecule has 0 fully saturated rings. The number of azo groups is 1. The van der Waals surface area contributed by atoms with Gasteiger partial charge in [0.25, 0.3) is 5.69 Å².